The van der Waals surface area contributed by atoms with Crippen molar-refractivity contribution in [2.75, 3.05) is 39.4 Å². The molecule has 0 aromatic rings. The molecule has 0 aromatic heterocycles. The molecule has 0 radical (unpaired) electrons. The summed E-state index contributed by atoms with van der Waals surface area (Å²) in [7, 11) is 0. The molecule has 88 valence electrons. The first-order valence-electron chi connectivity index (χ1n) is 6.36. The maximum absolute atomic E-state index is 9.15. The number of hydrogen-bond donors (Lipinski definition) is 2. The van der Waals surface area contributed by atoms with E-state index in [-0.39, 0.29) is 13.2 Å². The van der Waals surface area contributed by atoms with E-state index in [4.69, 9.17) is 10.2 Å². The smallest absolute Gasteiger partial charge is 0.102 e. The minimum atomic E-state index is 0.263. The number of rotatable bonds is 4. The van der Waals surface area contributed by atoms with Crippen LogP contribution in [0, 0.1) is 11.8 Å². The van der Waals surface area contributed by atoms with Crippen LogP contribution in [0.3, 0.4) is 0 Å². The summed E-state index contributed by atoms with van der Waals surface area (Å²) in [6.45, 7) is 4.61. The maximum atomic E-state index is 9.15. The average Bonchev–Trinajstić information content (AvgIpc) is 2.56. The highest BCUT2D eigenvalue weighted by atomic mass is 16.3. The van der Waals surface area contributed by atoms with Crippen LogP contribution in [0.25, 0.3) is 0 Å². The lowest BCUT2D eigenvalue weighted by atomic mass is 9.82. The lowest BCUT2D eigenvalue weighted by Crippen LogP contribution is -2.50. The fourth-order valence-corrected chi connectivity index (χ4v) is 3.74. The van der Waals surface area contributed by atoms with Gasteiger partial charge in [0.1, 0.15) is 13.1 Å². The van der Waals surface area contributed by atoms with Gasteiger partial charge in [-0.15, -0.1) is 0 Å². The third-order valence-electron chi connectivity index (χ3n) is 4.46. The van der Waals surface area contributed by atoms with Gasteiger partial charge >= 0.3 is 0 Å². The first-order valence-corrected chi connectivity index (χ1v) is 6.36. The summed E-state index contributed by atoms with van der Waals surface area (Å²) >= 11 is 0. The molecule has 2 aliphatic rings. The molecule has 3 nitrogen and oxygen atoms in total. The Kier molecular flexibility index (Phi) is 3.65. The Balaban J connectivity index is 2.01. The molecule has 2 atom stereocenters. The molecule has 0 unspecified atom stereocenters. The predicted molar refractivity (Wildman–Crippen MR) is 59.3 cm³/mol. The Labute approximate surface area is 92.3 Å². The topological polar surface area (TPSA) is 40.5 Å². The molecule has 0 bridgehead atoms. The van der Waals surface area contributed by atoms with Gasteiger partial charge in [0.05, 0.1) is 26.3 Å². The number of aliphatic hydroxyl groups excluding tert-OH is 2. The Morgan fingerprint density at radius 3 is 1.73 bits per heavy atom. The molecular formula is C12H24NO2+. The summed E-state index contributed by atoms with van der Waals surface area (Å²) in [5, 5.41) is 18.3. The van der Waals surface area contributed by atoms with Crippen molar-refractivity contribution in [3.63, 3.8) is 0 Å². The summed E-state index contributed by atoms with van der Waals surface area (Å²) < 4.78 is 0.975. The third kappa shape index (κ3) is 2.35. The van der Waals surface area contributed by atoms with E-state index in [1.165, 1.54) is 38.8 Å². The maximum Gasteiger partial charge on any atom is 0.102 e. The van der Waals surface area contributed by atoms with Gasteiger partial charge in [-0.05, 0) is 12.8 Å². The summed E-state index contributed by atoms with van der Waals surface area (Å²) in [5.41, 5.74) is 0. The van der Waals surface area contributed by atoms with Crippen LogP contribution in [0.2, 0.25) is 0 Å². The highest BCUT2D eigenvalue weighted by Crippen LogP contribution is 2.39. The number of nitrogens with zero attached hydrogens (tertiary/aromatic N) is 1. The van der Waals surface area contributed by atoms with Crippen LogP contribution in [0.1, 0.15) is 25.7 Å². The van der Waals surface area contributed by atoms with Gasteiger partial charge in [-0.1, -0.05) is 12.8 Å². The summed E-state index contributed by atoms with van der Waals surface area (Å²) in [5.74, 6) is 1.74. The molecule has 2 rings (SSSR count). The zero-order chi connectivity index (χ0) is 10.7. The fourth-order valence-electron chi connectivity index (χ4n) is 3.74. The molecule has 2 N–H and O–H groups in total. The Morgan fingerprint density at radius 2 is 1.33 bits per heavy atom. The second kappa shape index (κ2) is 4.81. The van der Waals surface area contributed by atoms with E-state index in [0.717, 1.165) is 29.4 Å². The van der Waals surface area contributed by atoms with Crippen LogP contribution in [-0.4, -0.2) is 54.1 Å². The average molecular weight is 214 g/mol. The molecule has 3 heteroatoms. The van der Waals surface area contributed by atoms with Crippen molar-refractivity contribution in [3.05, 3.63) is 0 Å². The number of quaternary nitrogens is 1. The second-order valence-electron chi connectivity index (χ2n) is 5.41. The zero-order valence-corrected chi connectivity index (χ0v) is 9.57. The van der Waals surface area contributed by atoms with Crippen LogP contribution in [0.4, 0.5) is 0 Å². The van der Waals surface area contributed by atoms with Crippen molar-refractivity contribution >= 4 is 0 Å². The first-order chi connectivity index (χ1) is 7.29. The molecule has 1 aliphatic heterocycles. The lowest BCUT2D eigenvalue weighted by Gasteiger charge is -2.33. The SMILES string of the molecule is OCC[N+]1(CCO)C[C@@H]2CCCC[C@H]2C1. The minimum Gasteiger partial charge on any atom is -0.391 e. The highest BCUT2D eigenvalue weighted by Gasteiger charge is 2.44. The molecule has 0 spiro atoms. The van der Waals surface area contributed by atoms with E-state index in [9.17, 15) is 0 Å². The molecule has 1 heterocycles. The van der Waals surface area contributed by atoms with Crippen molar-refractivity contribution in [1.29, 1.82) is 0 Å². The van der Waals surface area contributed by atoms with Crippen molar-refractivity contribution in [2.24, 2.45) is 11.8 Å². The summed E-state index contributed by atoms with van der Waals surface area (Å²) in [6, 6.07) is 0. The van der Waals surface area contributed by atoms with Gasteiger partial charge in [0.15, 0.2) is 0 Å². The molecule has 15 heavy (non-hydrogen) atoms. The van der Waals surface area contributed by atoms with Gasteiger partial charge in [0.25, 0.3) is 0 Å². The molecule has 1 saturated carbocycles. The molecule has 1 aliphatic carbocycles. The van der Waals surface area contributed by atoms with Crippen molar-refractivity contribution in [3.8, 4) is 0 Å². The van der Waals surface area contributed by atoms with Gasteiger partial charge in [0, 0.05) is 11.8 Å². The van der Waals surface area contributed by atoms with Gasteiger partial charge in [0.2, 0.25) is 0 Å². The quantitative estimate of drug-likeness (QED) is 0.673. The summed E-state index contributed by atoms with van der Waals surface area (Å²) in [4.78, 5) is 0. The molecule has 0 amide bonds. The van der Waals surface area contributed by atoms with Crippen molar-refractivity contribution in [1.82, 2.24) is 0 Å². The van der Waals surface area contributed by atoms with Crippen LogP contribution >= 0.6 is 0 Å². The van der Waals surface area contributed by atoms with Gasteiger partial charge < -0.3 is 14.7 Å². The van der Waals surface area contributed by atoms with E-state index >= 15 is 0 Å². The second-order valence-corrected chi connectivity index (χ2v) is 5.41. The van der Waals surface area contributed by atoms with Crippen LogP contribution < -0.4 is 0 Å². The van der Waals surface area contributed by atoms with Crippen LogP contribution in [-0.2, 0) is 0 Å². The molecule has 1 saturated heterocycles. The standard InChI is InChI=1S/C12H24NO2/c14-7-5-13(6-8-15)9-11-3-1-2-4-12(11)10-13/h11-12,14-15H,1-10H2/q+1/t11-,12-/m0/s1. The number of likely N-dealkylation sites (tertiary alicyclic amines) is 1. The van der Waals surface area contributed by atoms with E-state index in [1.807, 2.05) is 0 Å². The number of hydrogen-bond acceptors (Lipinski definition) is 2. The normalized spacial score (nSPS) is 34.0. The third-order valence-corrected chi connectivity index (χ3v) is 4.46. The van der Waals surface area contributed by atoms with Crippen molar-refractivity contribution < 1.29 is 14.7 Å². The van der Waals surface area contributed by atoms with E-state index in [2.05, 4.69) is 0 Å². The molecule has 2 fully saturated rings. The highest BCUT2D eigenvalue weighted by molar-refractivity contribution is 4.80. The number of aliphatic hydroxyl groups is 2. The minimum absolute atomic E-state index is 0.263. The van der Waals surface area contributed by atoms with E-state index < -0.39 is 0 Å². The molecule has 0 aromatic carbocycles. The van der Waals surface area contributed by atoms with E-state index in [0.29, 0.717) is 0 Å². The largest absolute Gasteiger partial charge is 0.391 e. The molecular weight excluding hydrogens is 190 g/mol. The van der Waals surface area contributed by atoms with Gasteiger partial charge in [-0.3, -0.25) is 0 Å². The first kappa shape index (κ1) is 11.4. The Morgan fingerprint density at radius 1 is 0.867 bits per heavy atom. The fraction of sp³-hybridized carbons (Fsp3) is 1.00. The van der Waals surface area contributed by atoms with Crippen molar-refractivity contribution in [2.45, 2.75) is 25.7 Å². The lowest BCUT2D eigenvalue weighted by molar-refractivity contribution is -0.919. The van der Waals surface area contributed by atoms with Crippen LogP contribution in [0.15, 0.2) is 0 Å². The Bertz CT molecular complexity index is 186. The zero-order valence-electron chi connectivity index (χ0n) is 9.57. The number of fused-ring (bicyclic) bond motifs is 1. The predicted octanol–water partition coefficient (Wildman–Crippen LogP) is 0.608. The van der Waals surface area contributed by atoms with Crippen LogP contribution in [0.5, 0.6) is 0 Å². The van der Waals surface area contributed by atoms with E-state index in [1.54, 1.807) is 0 Å². The van der Waals surface area contributed by atoms with Gasteiger partial charge in [-0.25, -0.2) is 0 Å². The summed E-state index contributed by atoms with van der Waals surface area (Å²) in [6.07, 6.45) is 5.53. The monoisotopic (exact) mass is 214 g/mol. The van der Waals surface area contributed by atoms with Gasteiger partial charge in [-0.2, -0.15) is 0 Å². The Hall–Kier alpha value is -0.120.